The van der Waals surface area contributed by atoms with Crippen molar-refractivity contribution in [1.29, 1.82) is 0 Å². The van der Waals surface area contributed by atoms with E-state index in [1.165, 1.54) is 12.1 Å². The number of rotatable bonds is 4. The largest absolute Gasteiger partial charge is 0.297 e. The Labute approximate surface area is 143 Å². The number of nitro groups is 1. The number of aromatic nitrogens is 2. The average Bonchev–Trinajstić information content (AvgIpc) is 2.55. The van der Waals surface area contributed by atoms with Crippen molar-refractivity contribution in [2.45, 2.75) is 24.7 Å². The summed E-state index contributed by atoms with van der Waals surface area (Å²) in [5, 5.41) is 10.4. The third-order valence-electron chi connectivity index (χ3n) is 4.03. The summed E-state index contributed by atoms with van der Waals surface area (Å²) in [6.45, 7) is 1.49. The van der Waals surface area contributed by atoms with Crippen LogP contribution in [0, 0.1) is 10.1 Å². The molecule has 1 aliphatic heterocycles. The second-order valence-corrected chi connectivity index (χ2v) is 7.88. The summed E-state index contributed by atoms with van der Waals surface area (Å²) in [6, 6.07) is 6.26. The molecule has 1 aliphatic rings. The molecule has 2 heterocycles. The van der Waals surface area contributed by atoms with Gasteiger partial charge >= 0.3 is 0 Å². The van der Waals surface area contributed by atoms with E-state index < -0.39 is 20.3 Å². The van der Waals surface area contributed by atoms with Crippen molar-refractivity contribution in [3.05, 3.63) is 61.6 Å². The van der Waals surface area contributed by atoms with E-state index in [0.29, 0.717) is 37.3 Å². The summed E-state index contributed by atoms with van der Waals surface area (Å²) in [4.78, 5) is 30.8. The maximum Gasteiger partial charge on any atom is 0.269 e. The van der Waals surface area contributed by atoms with Gasteiger partial charge in [0.15, 0.2) is 0 Å². The number of hydrogen-bond acceptors (Lipinski definition) is 7. The van der Waals surface area contributed by atoms with Crippen LogP contribution in [0.1, 0.15) is 16.8 Å². The van der Waals surface area contributed by atoms with E-state index >= 15 is 0 Å². The molecule has 0 radical (unpaired) electrons. The summed E-state index contributed by atoms with van der Waals surface area (Å²) in [5.74, 6) is 0. The first kappa shape index (κ1) is 17.2. The summed E-state index contributed by atoms with van der Waals surface area (Å²) in [7, 11) is -3.57. The number of non-ortho nitro benzene ring substituents is 1. The van der Waals surface area contributed by atoms with E-state index in [4.69, 9.17) is 0 Å². The highest BCUT2D eigenvalue weighted by Gasteiger charge is 2.23. The molecule has 10 heteroatoms. The molecule has 25 heavy (non-hydrogen) atoms. The van der Waals surface area contributed by atoms with Gasteiger partial charge in [0, 0.05) is 44.4 Å². The molecule has 132 valence electrons. The molecule has 1 aromatic carbocycles. The zero-order valence-corrected chi connectivity index (χ0v) is 14.2. The van der Waals surface area contributed by atoms with Crippen LogP contribution in [0.4, 0.5) is 5.69 Å². The second kappa shape index (κ2) is 6.37. The van der Waals surface area contributed by atoms with Crippen LogP contribution in [-0.4, -0.2) is 41.0 Å². The van der Waals surface area contributed by atoms with E-state index in [-0.39, 0.29) is 10.8 Å². The van der Waals surface area contributed by atoms with E-state index in [0.717, 1.165) is 11.8 Å². The van der Waals surface area contributed by atoms with Crippen molar-refractivity contribution >= 4 is 15.5 Å². The molecule has 0 aliphatic carbocycles. The molecule has 0 fully saturated rings. The number of nitrogens with one attached hydrogen (secondary N) is 1. The van der Waals surface area contributed by atoms with Gasteiger partial charge in [-0.25, -0.2) is 13.4 Å². The highest BCUT2D eigenvalue weighted by Crippen LogP contribution is 2.19. The van der Waals surface area contributed by atoms with Crippen LogP contribution in [0.5, 0.6) is 0 Å². The zero-order valence-electron chi connectivity index (χ0n) is 13.4. The average molecular weight is 364 g/mol. The van der Waals surface area contributed by atoms with Crippen LogP contribution in [0.2, 0.25) is 0 Å². The highest BCUT2D eigenvalue weighted by molar-refractivity contribution is 7.90. The normalized spacial score (nSPS) is 14.9. The highest BCUT2D eigenvalue weighted by atomic mass is 32.2. The first-order valence-corrected chi connectivity index (χ1v) is 9.41. The number of H-pyrrole nitrogens is 1. The fourth-order valence-electron chi connectivity index (χ4n) is 2.75. The van der Waals surface area contributed by atoms with Gasteiger partial charge in [0.05, 0.1) is 16.2 Å². The predicted octanol–water partition coefficient (Wildman–Crippen LogP) is 0.640. The van der Waals surface area contributed by atoms with E-state index in [9.17, 15) is 23.3 Å². The Morgan fingerprint density at radius 1 is 1.32 bits per heavy atom. The second-order valence-electron chi connectivity index (χ2n) is 5.95. The van der Waals surface area contributed by atoms with Gasteiger partial charge in [0.1, 0.15) is 0 Å². The number of fused-ring (bicyclic) bond motifs is 1. The molecule has 9 nitrogen and oxygen atoms in total. The van der Waals surface area contributed by atoms with Crippen LogP contribution in [0.15, 0.2) is 34.2 Å². The van der Waals surface area contributed by atoms with Gasteiger partial charge in [0.25, 0.3) is 11.2 Å². The lowest BCUT2D eigenvalue weighted by molar-refractivity contribution is -0.384. The topological polar surface area (TPSA) is 126 Å². The van der Waals surface area contributed by atoms with Crippen molar-refractivity contribution in [2.75, 3.05) is 12.8 Å². The molecule has 0 saturated carbocycles. The van der Waals surface area contributed by atoms with Gasteiger partial charge in [0.2, 0.25) is 15.0 Å². The van der Waals surface area contributed by atoms with Gasteiger partial charge in [-0.1, -0.05) is 12.1 Å². The minimum absolute atomic E-state index is 0.0293. The monoisotopic (exact) mass is 364 g/mol. The fraction of sp³-hybridized carbons (Fsp3) is 0.333. The first-order valence-electron chi connectivity index (χ1n) is 7.52. The van der Waals surface area contributed by atoms with Gasteiger partial charge in [-0.2, -0.15) is 0 Å². The molecule has 1 N–H and O–H groups in total. The van der Waals surface area contributed by atoms with Crippen LogP contribution >= 0.6 is 0 Å². The minimum Gasteiger partial charge on any atom is -0.297 e. The molecule has 0 amide bonds. The molecule has 2 aromatic rings. The summed E-state index contributed by atoms with van der Waals surface area (Å²) < 4.78 is 23.1. The van der Waals surface area contributed by atoms with Crippen molar-refractivity contribution in [3.63, 3.8) is 0 Å². The number of nitro benzene ring substituents is 1. The quantitative estimate of drug-likeness (QED) is 0.479. The Morgan fingerprint density at radius 2 is 2.00 bits per heavy atom. The van der Waals surface area contributed by atoms with Crippen LogP contribution in [0.3, 0.4) is 0 Å². The summed E-state index contributed by atoms with van der Waals surface area (Å²) in [5.41, 5.74) is 1.44. The number of aromatic amines is 1. The molecular weight excluding hydrogens is 348 g/mol. The van der Waals surface area contributed by atoms with Gasteiger partial charge in [-0.15, -0.1) is 0 Å². The number of sulfone groups is 1. The zero-order chi connectivity index (χ0) is 18.2. The lowest BCUT2D eigenvalue weighted by atomic mass is 10.1. The fourth-order valence-corrected chi connectivity index (χ4v) is 3.30. The van der Waals surface area contributed by atoms with Gasteiger partial charge in [-0.3, -0.25) is 24.8 Å². The van der Waals surface area contributed by atoms with Crippen molar-refractivity contribution in [3.8, 4) is 0 Å². The standard InChI is InChI=1S/C15H16N4O5S/c1-25(23,24)15-16-13-6-7-18(9-12(13)14(20)17-15)8-10-2-4-11(5-3-10)19(21)22/h2-5H,6-9H2,1H3,(H,16,17,20). The minimum atomic E-state index is -3.57. The Balaban J connectivity index is 1.79. The van der Waals surface area contributed by atoms with Crippen molar-refractivity contribution in [2.24, 2.45) is 0 Å². The molecule has 0 bridgehead atoms. The molecule has 3 rings (SSSR count). The van der Waals surface area contributed by atoms with Crippen molar-refractivity contribution < 1.29 is 13.3 Å². The molecule has 0 atom stereocenters. The summed E-state index contributed by atoms with van der Waals surface area (Å²) >= 11 is 0. The number of hydrogen-bond donors (Lipinski definition) is 1. The molecule has 0 unspecified atom stereocenters. The molecule has 1 aromatic heterocycles. The maximum atomic E-state index is 12.2. The van der Waals surface area contributed by atoms with E-state index in [2.05, 4.69) is 9.97 Å². The predicted molar refractivity (Wildman–Crippen MR) is 88.9 cm³/mol. The molecule has 0 spiro atoms. The maximum absolute atomic E-state index is 12.2. The van der Waals surface area contributed by atoms with Gasteiger partial charge < -0.3 is 0 Å². The Kier molecular flexibility index (Phi) is 4.39. The molecular formula is C15H16N4O5S. The van der Waals surface area contributed by atoms with Gasteiger partial charge in [-0.05, 0) is 5.56 Å². The van der Waals surface area contributed by atoms with E-state index in [1.807, 2.05) is 4.90 Å². The molecule has 0 saturated heterocycles. The van der Waals surface area contributed by atoms with E-state index in [1.54, 1.807) is 12.1 Å². The van der Waals surface area contributed by atoms with Crippen LogP contribution in [-0.2, 0) is 29.3 Å². The lowest BCUT2D eigenvalue weighted by Crippen LogP contribution is -2.36. The summed E-state index contributed by atoms with van der Waals surface area (Å²) in [6.07, 6.45) is 1.47. The van der Waals surface area contributed by atoms with Crippen molar-refractivity contribution in [1.82, 2.24) is 14.9 Å². The van der Waals surface area contributed by atoms with Crippen LogP contribution < -0.4 is 5.56 Å². The lowest BCUT2D eigenvalue weighted by Gasteiger charge is -2.27. The number of benzene rings is 1. The Hall–Kier alpha value is -2.59. The third kappa shape index (κ3) is 3.74. The Bertz CT molecular complexity index is 982. The first-order chi connectivity index (χ1) is 11.7. The third-order valence-corrected chi connectivity index (χ3v) is 4.93. The SMILES string of the molecule is CS(=O)(=O)c1nc2c(c(=O)[nH]1)CN(Cc1ccc([N+](=O)[O-])cc1)CC2. The van der Waals surface area contributed by atoms with Crippen LogP contribution in [0.25, 0.3) is 0 Å². The number of nitrogens with zero attached hydrogens (tertiary/aromatic N) is 3. The Morgan fingerprint density at radius 3 is 2.60 bits per heavy atom. The smallest absolute Gasteiger partial charge is 0.269 e.